The van der Waals surface area contributed by atoms with Gasteiger partial charge in [-0.15, -0.1) is 0 Å². The summed E-state index contributed by atoms with van der Waals surface area (Å²) in [4.78, 5) is 26.7. The second-order valence-corrected chi connectivity index (χ2v) is 7.64. The van der Waals surface area contributed by atoms with Crippen molar-refractivity contribution in [3.8, 4) is 5.75 Å². The van der Waals surface area contributed by atoms with Gasteiger partial charge in [-0.1, -0.05) is 31.4 Å². The van der Waals surface area contributed by atoms with E-state index in [4.69, 9.17) is 4.74 Å². The number of ether oxygens (including phenoxy) is 1. The van der Waals surface area contributed by atoms with Gasteiger partial charge in [-0.2, -0.15) is 0 Å². The number of para-hydroxylation sites is 2. The number of anilines is 1. The van der Waals surface area contributed by atoms with Crippen molar-refractivity contribution in [2.45, 2.75) is 44.9 Å². The average molecular weight is 373 g/mol. The van der Waals surface area contributed by atoms with E-state index < -0.39 is 0 Å². The molecule has 3 amide bonds. The molecular weight excluding hydrogens is 342 g/mol. The Kier molecular flexibility index (Phi) is 6.96. The van der Waals surface area contributed by atoms with Crippen LogP contribution >= 0.6 is 0 Å². The summed E-state index contributed by atoms with van der Waals surface area (Å²) in [6, 6.07) is 7.23. The molecule has 6 heteroatoms. The number of carbonyl (C=O) groups excluding carboxylic acids is 2. The molecule has 0 atom stereocenters. The molecule has 1 saturated carbocycles. The minimum Gasteiger partial charge on any atom is -0.495 e. The Hall–Kier alpha value is -2.24. The van der Waals surface area contributed by atoms with Crippen molar-refractivity contribution in [2.75, 3.05) is 32.1 Å². The quantitative estimate of drug-likeness (QED) is 0.828. The van der Waals surface area contributed by atoms with Crippen LogP contribution in [0.15, 0.2) is 24.3 Å². The van der Waals surface area contributed by atoms with E-state index in [2.05, 4.69) is 10.6 Å². The standard InChI is InChI=1S/C21H31N3O3/c1-27-19-10-6-5-9-18(19)23-21(26)24-13-11-17(12-14-24)20(25)22-15-16-7-3-2-4-8-16/h5-6,9-10,16-17H,2-4,7-8,11-15H2,1H3,(H,22,25)(H,23,26). The number of methoxy groups -OCH3 is 1. The van der Waals surface area contributed by atoms with Crippen molar-refractivity contribution in [3.05, 3.63) is 24.3 Å². The Morgan fingerprint density at radius 1 is 1.07 bits per heavy atom. The van der Waals surface area contributed by atoms with E-state index in [1.807, 2.05) is 24.3 Å². The van der Waals surface area contributed by atoms with Crippen LogP contribution in [0.2, 0.25) is 0 Å². The van der Waals surface area contributed by atoms with Crippen molar-refractivity contribution < 1.29 is 14.3 Å². The molecule has 1 aliphatic heterocycles. The number of rotatable bonds is 5. The highest BCUT2D eigenvalue weighted by molar-refractivity contribution is 5.91. The van der Waals surface area contributed by atoms with Crippen LogP contribution in [0.4, 0.5) is 10.5 Å². The van der Waals surface area contributed by atoms with E-state index in [9.17, 15) is 9.59 Å². The lowest BCUT2D eigenvalue weighted by Gasteiger charge is -2.32. The van der Waals surface area contributed by atoms with Gasteiger partial charge in [0.25, 0.3) is 0 Å². The van der Waals surface area contributed by atoms with E-state index in [1.165, 1.54) is 32.1 Å². The van der Waals surface area contributed by atoms with Gasteiger partial charge in [0.2, 0.25) is 5.91 Å². The van der Waals surface area contributed by atoms with Crippen molar-refractivity contribution in [3.63, 3.8) is 0 Å². The monoisotopic (exact) mass is 373 g/mol. The molecule has 3 rings (SSSR count). The molecule has 1 saturated heterocycles. The van der Waals surface area contributed by atoms with Crippen LogP contribution < -0.4 is 15.4 Å². The summed E-state index contributed by atoms with van der Waals surface area (Å²) in [6.07, 6.45) is 7.83. The summed E-state index contributed by atoms with van der Waals surface area (Å²) >= 11 is 0. The number of benzene rings is 1. The van der Waals surface area contributed by atoms with E-state index in [0.717, 1.165) is 19.4 Å². The molecule has 0 bridgehead atoms. The Balaban J connectivity index is 1.42. The summed E-state index contributed by atoms with van der Waals surface area (Å²) in [5.74, 6) is 1.46. The number of nitrogens with one attached hydrogen (secondary N) is 2. The maximum atomic E-state index is 12.5. The molecule has 0 spiro atoms. The molecular formula is C21H31N3O3. The molecule has 1 aromatic rings. The topological polar surface area (TPSA) is 70.7 Å². The van der Waals surface area contributed by atoms with Crippen molar-refractivity contribution in [1.29, 1.82) is 0 Å². The van der Waals surface area contributed by atoms with E-state index in [0.29, 0.717) is 30.4 Å². The predicted molar refractivity (Wildman–Crippen MR) is 106 cm³/mol. The zero-order chi connectivity index (χ0) is 19.1. The normalized spacial score (nSPS) is 18.8. The smallest absolute Gasteiger partial charge is 0.321 e. The summed E-state index contributed by atoms with van der Waals surface area (Å²) in [7, 11) is 1.59. The van der Waals surface area contributed by atoms with Crippen LogP contribution in [-0.4, -0.2) is 43.6 Å². The first-order valence-electron chi connectivity index (χ1n) is 10.1. The first-order valence-corrected chi connectivity index (χ1v) is 10.1. The number of carbonyl (C=O) groups is 2. The van der Waals surface area contributed by atoms with E-state index in [-0.39, 0.29) is 17.9 Å². The molecule has 0 unspecified atom stereocenters. The van der Waals surface area contributed by atoms with Gasteiger partial charge in [-0.3, -0.25) is 4.79 Å². The average Bonchev–Trinajstić information content (AvgIpc) is 2.73. The zero-order valence-corrected chi connectivity index (χ0v) is 16.2. The van der Waals surface area contributed by atoms with Gasteiger partial charge in [-0.25, -0.2) is 4.79 Å². The zero-order valence-electron chi connectivity index (χ0n) is 16.2. The fraction of sp³-hybridized carbons (Fsp3) is 0.619. The Bertz CT molecular complexity index is 635. The number of nitrogens with zero attached hydrogens (tertiary/aromatic N) is 1. The summed E-state index contributed by atoms with van der Waals surface area (Å²) < 4.78 is 5.27. The highest BCUT2D eigenvalue weighted by Gasteiger charge is 2.28. The number of likely N-dealkylation sites (tertiary alicyclic amines) is 1. The molecule has 1 heterocycles. The molecule has 6 nitrogen and oxygen atoms in total. The maximum Gasteiger partial charge on any atom is 0.321 e. The lowest BCUT2D eigenvalue weighted by Crippen LogP contribution is -2.45. The Morgan fingerprint density at radius 2 is 1.78 bits per heavy atom. The summed E-state index contributed by atoms with van der Waals surface area (Å²) in [5.41, 5.74) is 0.664. The van der Waals surface area contributed by atoms with Crippen LogP contribution in [0, 0.1) is 11.8 Å². The number of hydrogen-bond donors (Lipinski definition) is 2. The van der Waals surface area contributed by atoms with Gasteiger partial charge in [-0.05, 0) is 43.7 Å². The minimum absolute atomic E-state index is 0.0175. The van der Waals surface area contributed by atoms with Gasteiger partial charge in [0.1, 0.15) is 5.75 Å². The first kappa shape index (κ1) is 19.5. The molecule has 2 fully saturated rings. The number of hydrogen-bond acceptors (Lipinski definition) is 3. The van der Waals surface area contributed by atoms with Gasteiger partial charge in [0.15, 0.2) is 0 Å². The third-order valence-electron chi connectivity index (χ3n) is 5.79. The molecule has 1 aromatic carbocycles. The van der Waals surface area contributed by atoms with Gasteiger partial charge < -0.3 is 20.3 Å². The molecule has 2 N–H and O–H groups in total. The second-order valence-electron chi connectivity index (χ2n) is 7.64. The van der Waals surface area contributed by atoms with Crippen LogP contribution in [0.1, 0.15) is 44.9 Å². The SMILES string of the molecule is COc1ccccc1NC(=O)N1CCC(C(=O)NCC2CCCCC2)CC1. The number of piperidine rings is 1. The largest absolute Gasteiger partial charge is 0.495 e. The second kappa shape index (κ2) is 9.62. The number of urea groups is 1. The molecule has 27 heavy (non-hydrogen) atoms. The van der Waals surface area contributed by atoms with Crippen LogP contribution in [0.25, 0.3) is 0 Å². The van der Waals surface area contributed by atoms with Crippen LogP contribution in [-0.2, 0) is 4.79 Å². The fourth-order valence-electron chi connectivity index (χ4n) is 4.07. The van der Waals surface area contributed by atoms with Crippen molar-refractivity contribution in [2.24, 2.45) is 11.8 Å². The van der Waals surface area contributed by atoms with Crippen molar-refractivity contribution in [1.82, 2.24) is 10.2 Å². The van der Waals surface area contributed by atoms with E-state index in [1.54, 1.807) is 12.0 Å². The predicted octanol–water partition coefficient (Wildman–Crippen LogP) is 3.64. The summed E-state index contributed by atoms with van der Waals surface area (Å²) in [6.45, 7) is 2.01. The summed E-state index contributed by atoms with van der Waals surface area (Å²) in [5, 5.41) is 6.05. The fourth-order valence-corrected chi connectivity index (χ4v) is 4.07. The van der Waals surface area contributed by atoms with Crippen LogP contribution in [0.3, 0.4) is 0 Å². The Labute approximate surface area is 161 Å². The number of amides is 3. The van der Waals surface area contributed by atoms with Crippen LogP contribution in [0.5, 0.6) is 5.75 Å². The van der Waals surface area contributed by atoms with Crippen molar-refractivity contribution >= 4 is 17.6 Å². The molecule has 148 valence electrons. The Morgan fingerprint density at radius 3 is 2.48 bits per heavy atom. The highest BCUT2D eigenvalue weighted by Crippen LogP contribution is 2.25. The lowest BCUT2D eigenvalue weighted by atomic mass is 9.89. The maximum absolute atomic E-state index is 12.5. The minimum atomic E-state index is -0.138. The third-order valence-corrected chi connectivity index (χ3v) is 5.79. The first-order chi connectivity index (χ1) is 13.2. The molecule has 0 radical (unpaired) electrons. The van der Waals surface area contributed by atoms with Gasteiger partial charge in [0.05, 0.1) is 12.8 Å². The van der Waals surface area contributed by atoms with Gasteiger partial charge in [0, 0.05) is 25.6 Å². The highest BCUT2D eigenvalue weighted by atomic mass is 16.5. The third kappa shape index (κ3) is 5.37. The molecule has 0 aromatic heterocycles. The van der Waals surface area contributed by atoms with Gasteiger partial charge >= 0.3 is 6.03 Å². The molecule has 1 aliphatic carbocycles. The van der Waals surface area contributed by atoms with E-state index >= 15 is 0 Å². The lowest BCUT2D eigenvalue weighted by molar-refractivity contribution is -0.126. The molecule has 2 aliphatic rings.